The fourth-order valence-electron chi connectivity index (χ4n) is 4.05. The highest BCUT2D eigenvalue weighted by molar-refractivity contribution is 5.93. The Hall–Kier alpha value is -2.95. The molecule has 0 saturated carbocycles. The molecule has 1 fully saturated rings. The van der Waals surface area contributed by atoms with Gasteiger partial charge in [-0.3, -0.25) is 14.4 Å². The Balaban J connectivity index is 1.51. The first-order chi connectivity index (χ1) is 15.9. The van der Waals surface area contributed by atoms with Crippen molar-refractivity contribution in [1.29, 1.82) is 0 Å². The minimum Gasteiger partial charge on any atom is -0.335 e. The van der Waals surface area contributed by atoms with Gasteiger partial charge in [0.05, 0.1) is 11.4 Å². The summed E-state index contributed by atoms with van der Waals surface area (Å²) in [5.74, 6) is -0.384. The SMILES string of the molecule is CCn1cc(CN2CCN(C(=O)c3cc4nc(C(C)(C)C)cc(C(F)(F)F)n4n3)CC2)c(C)n1. The second kappa shape index (κ2) is 8.68. The summed E-state index contributed by atoms with van der Waals surface area (Å²) in [6.07, 6.45) is -2.58. The maximum absolute atomic E-state index is 13.7. The molecule has 0 bridgehead atoms. The summed E-state index contributed by atoms with van der Waals surface area (Å²) in [7, 11) is 0. The van der Waals surface area contributed by atoms with Crippen LogP contribution in [-0.4, -0.2) is 66.3 Å². The summed E-state index contributed by atoms with van der Waals surface area (Å²) < 4.78 is 43.8. The van der Waals surface area contributed by atoms with Crippen LogP contribution in [-0.2, 0) is 24.7 Å². The van der Waals surface area contributed by atoms with Gasteiger partial charge >= 0.3 is 6.18 Å². The molecule has 0 radical (unpaired) electrons. The summed E-state index contributed by atoms with van der Waals surface area (Å²) in [4.78, 5) is 21.3. The Morgan fingerprint density at radius 3 is 2.29 bits per heavy atom. The molecule has 0 spiro atoms. The van der Waals surface area contributed by atoms with Gasteiger partial charge in [-0.15, -0.1) is 0 Å². The van der Waals surface area contributed by atoms with Crippen molar-refractivity contribution >= 4 is 11.6 Å². The number of carbonyl (C=O) groups is 1. The van der Waals surface area contributed by atoms with Crippen LogP contribution in [0.3, 0.4) is 0 Å². The molecule has 34 heavy (non-hydrogen) atoms. The van der Waals surface area contributed by atoms with Crippen molar-refractivity contribution < 1.29 is 18.0 Å². The summed E-state index contributed by atoms with van der Waals surface area (Å²) >= 11 is 0. The van der Waals surface area contributed by atoms with E-state index in [4.69, 9.17) is 0 Å². The van der Waals surface area contributed by atoms with E-state index < -0.39 is 17.3 Å². The van der Waals surface area contributed by atoms with Gasteiger partial charge in [-0.1, -0.05) is 20.8 Å². The summed E-state index contributed by atoms with van der Waals surface area (Å²) in [6.45, 7) is 13.2. The molecular weight excluding hydrogens is 447 g/mol. The highest BCUT2D eigenvalue weighted by Crippen LogP contribution is 2.32. The third-order valence-corrected chi connectivity index (χ3v) is 6.13. The zero-order chi connectivity index (χ0) is 24.8. The van der Waals surface area contributed by atoms with E-state index in [1.165, 1.54) is 6.07 Å². The fraction of sp³-hybridized carbons (Fsp3) is 0.565. The average Bonchev–Trinajstić information content (AvgIpc) is 3.35. The Bertz CT molecular complexity index is 1200. The van der Waals surface area contributed by atoms with Gasteiger partial charge in [0.1, 0.15) is 5.69 Å². The summed E-state index contributed by atoms with van der Waals surface area (Å²) in [5.41, 5.74) is 0.909. The normalized spacial score (nSPS) is 15.9. The highest BCUT2D eigenvalue weighted by Gasteiger charge is 2.37. The van der Waals surface area contributed by atoms with Gasteiger partial charge in [-0.2, -0.15) is 23.4 Å². The van der Waals surface area contributed by atoms with E-state index >= 15 is 0 Å². The van der Waals surface area contributed by atoms with Crippen LogP contribution >= 0.6 is 0 Å². The largest absolute Gasteiger partial charge is 0.433 e. The van der Waals surface area contributed by atoms with E-state index in [0.717, 1.165) is 34.9 Å². The highest BCUT2D eigenvalue weighted by atomic mass is 19.4. The van der Waals surface area contributed by atoms with Crippen LogP contribution in [0.2, 0.25) is 0 Å². The molecule has 4 heterocycles. The van der Waals surface area contributed by atoms with Gasteiger partial charge < -0.3 is 4.90 Å². The van der Waals surface area contributed by atoms with Crippen LogP contribution in [0.4, 0.5) is 13.2 Å². The van der Waals surface area contributed by atoms with Gasteiger partial charge in [-0.25, -0.2) is 9.50 Å². The second-order valence-corrected chi connectivity index (χ2v) is 9.74. The van der Waals surface area contributed by atoms with Crippen molar-refractivity contribution in [2.24, 2.45) is 0 Å². The van der Waals surface area contributed by atoms with Crippen LogP contribution < -0.4 is 0 Å². The molecule has 1 aliphatic heterocycles. The molecule has 1 amide bonds. The first kappa shape index (κ1) is 24.2. The first-order valence-corrected chi connectivity index (χ1v) is 11.4. The lowest BCUT2D eigenvalue weighted by Crippen LogP contribution is -2.48. The van der Waals surface area contributed by atoms with Crippen LogP contribution in [0.25, 0.3) is 5.65 Å². The van der Waals surface area contributed by atoms with Crippen LogP contribution in [0, 0.1) is 6.92 Å². The quantitative estimate of drug-likeness (QED) is 0.575. The van der Waals surface area contributed by atoms with E-state index in [2.05, 4.69) is 20.1 Å². The lowest BCUT2D eigenvalue weighted by molar-refractivity contribution is -0.142. The third kappa shape index (κ3) is 4.79. The number of hydrogen-bond donors (Lipinski definition) is 0. The maximum atomic E-state index is 13.7. The van der Waals surface area contributed by atoms with Crippen molar-refractivity contribution in [2.45, 2.75) is 59.3 Å². The number of halogens is 3. The number of aryl methyl sites for hydroxylation is 2. The van der Waals surface area contributed by atoms with E-state index in [1.54, 1.807) is 25.7 Å². The Kier molecular flexibility index (Phi) is 6.17. The molecule has 0 aliphatic carbocycles. The van der Waals surface area contributed by atoms with Gasteiger partial charge in [0.25, 0.3) is 5.91 Å². The number of rotatable bonds is 4. The minimum atomic E-state index is -4.62. The second-order valence-electron chi connectivity index (χ2n) is 9.74. The number of alkyl halides is 3. The van der Waals surface area contributed by atoms with Crippen LogP contribution in [0.5, 0.6) is 0 Å². The number of aromatic nitrogens is 5. The smallest absolute Gasteiger partial charge is 0.335 e. The Labute approximate surface area is 196 Å². The number of carbonyl (C=O) groups excluding carboxylic acids is 1. The van der Waals surface area contributed by atoms with Crippen molar-refractivity contribution in [1.82, 2.24) is 34.2 Å². The molecule has 1 aliphatic rings. The fourth-order valence-corrected chi connectivity index (χ4v) is 4.05. The first-order valence-electron chi connectivity index (χ1n) is 11.4. The van der Waals surface area contributed by atoms with E-state index in [-0.39, 0.29) is 17.2 Å². The minimum absolute atomic E-state index is 0.0187. The number of piperazine rings is 1. The molecule has 8 nitrogen and oxygen atoms in total. The van der Waals surface area contributed by atoms with Crippen molar-refractivity contribution in [3.63, 3.8) is 0 Å². The predicted molar refractivity (Wildman–Crippen MR) is 121 cm³/mol. The molecule has 0 N–H and O–H groups in total. The van der Waals surface area contributed by atoms with Gasteiger partial charge in [0, 0.05) is 62.5 Å². The zero-order valence-corrected chi connectivity index (χ0v) is 20.1. The zero-order valence-electron chi connectivity index (χ0n) is 20.1. The topological polar surface area (TPSA) is 71.6 Å². The number of nitrogens with zero attached hydrogens (tertiary/aromatic N) is 7. The standard InChI is InChI=1S/C23H30F3N7O/c1-6-32-14-16(15(2)28-32)13-30-7-9-31(10-8-30)21(34)17-11-20-27-18(22(3,4)5)12-19(23(24,25)26)33(20)29-17/h11-12,14H,6-10,13H2,1-5H3. The molecule has 0 atom stereocenters. The summed E-state index contributed by atoms with van der Waals surface area (Å²) in [5, 5.41) is 8.48. The number of amides is 1. The third-order valence-electron chi connectivity index (χ3n) is 6.13. The van der Waals surface area contributed by atoms with E-state index in [9.17, 15) is 18.0 Å². The van der Waals surface area contributed by atoms with Crippen molar-refractivity contribution in [3.05, 3.63) is 46.7 Å². The van der Waals surface area contributed by atoms with Crippen molar-refractivity contribution in [3.8, 4) is 0 Å². The molecule has 1 saturated heterocycles. The molecule has 3 aromatic rings. The molecular formula is C23H30F3N7O. The van der Waals surface area contributed by atoms with Gasteiger partial charge in [0.2, 0.25) is 0 Å². The summed E-state index contributed by atoms with van der Waals surface area (Å²) in [6, 6.07) is 2.36. The number of hydrogen-bond acceptors (Lipinski definition) is 5. The van der Waals surface area contributed by atoms with E-state index in [1.807, 2.05) is 24.7 Å². The molecule has 0 aromatic carbocycles. The molecule has 4 rings (SSSR count). The molecule has 0 unspecified atom stereocenters. The number of fused-ring (bicyclic) bond motifs is 1. The average molecular weight is 478 g/mol. The lowest BCUT2D eigenvalue weighted by Gasteiger charge is -2.34. The molecule has 11 heteroatoms. The lowest BCUT2D eigenvalue weighted by atomic mass is 9.91. The Morgan fingerprint density at radius 1 is 1.06 bits per heavy atom. The van der Waals surface area contributed by atoms with E-state index in [0.29, 0.717) is 31.9 Å². The predicted octanol–water partition coefficient (Wildman–Crippen LogP) is 3.53. The monoisotopic (exact) mass is 477 g/mol. The molecule has 3 aromatic heterocycles. The van der Waals surface area contributed by atoms with Crippen molar-refractivity contribution in [2.75, 3.05) is 26.2 Å². The van der Waals surface area contributed by atoms with Gasteiger partial charge in [-0.05, 0) is 19.9 Å². The van der Waals surface area contributed by atoms with Gasteiger partial charge in [0.15, 0.2) is 11.3 Å². The maximum Gasteiger partial charge on any atom is 0.433 e. The Morgan fingerprint density at radius 2 is 1.74 bits per heavy atom. The van der Waals surface area contributed by atoms with Crippen LogP contribution in [0.1, 0.15) is 60.8 Å². The van der Waals surface area contributed by atoms with Crippen LogP contribution in [0.15, 0.2) is 18.3 Å². The molecule has 184 valence electrons.